The largest absolute Gasteiger partial charge is 0.378 e. The van der Waals surface area contributed by atoms with Crippen molar-refractivity contribution in [3.05, 3.63) is 35.7 Å². The molecule has 0 aliphatic carbocycles. The first-order valence-corrected chi connectivity index (χ1v) is 5.83. The molecule has 0 atom stereocenters. The molecule has 0 bridgehead atoms. The Morgan fingerprint density at radius 3 is 2.59 bits per heavy atom. The van der Waals surface area contributed by atoms with Crippen LogP contribution in [0.25, 0.3) is 0 Å². The van der Waals surface area contributed by atoms with E-state index in [1.54, 1.807) is 7.05 Å². The van der Waals surface area contributed by atoms with Gasteiger partial charge in [0, 0.05) is 5.69 Å². The molecule has 1 heterocycles. The SMILES string of the molecule is CCCc1ccc(NCc2nnn(C)n2)cc1. The van der Waals surface area contributed by atoms with Crippen molar-refractivity contribution in [2.45, 2.75) is 26.3 Å². The van der Waals surface area contributed by atoms with E-state index in [1.807, 2.05) is 0 Å². The topological polar surface area (TPSA) is 55.6 Å². The van der Waals surface area contributed by atoms with Crippen LogP contribution in [0.1, 0.15) is 24.7 Å². The first kappa shape index (κ1) is 11.6. The van der Waals surface area contributed by atoms with E-state index >= 15 is 0 Å². The quantitative estimate of drug-likeness (QED) is 0.852. The molecule has 5 heteroatoms. The van der Waals surface area contributed by atoms with E-state index in [-0.39, 0.29) is 0 Å². The van der Waals surface area contributed by atoms with Crippen molar-refractivity contribution in [2.24, 2.45) is 7.05 Å². The Balaban J connectivity index is 1.90. The van der Waals surface area contributed by atoms with Gasteiger partial charge in [0.1, 0.15) is 0 Å². The van der Waals surface area contributed by atoms with Crippen LogP contribution in [-0.2, 0) is 20.0 Å². The van der Waals surface area contributed by atoms with Crippen LogP contribution < -0.4 is 5.32 Å². The summed E-state index contributed by atoms with van der Waals surface area (Å²) in [4.78, 5) is 1.46. The van der Waals surface area contributed by atoms with Gasteiger partial charge in [0.15, 0.2) is 5.82 Å². The second-order valence-electron chi connectivity index (χ2n) is 4.00. The lowest BCUT2D eigenvalue weighted by atomic mass is 10.1. The molecule has 0 unspecified atom stereocenters. The molecule has 17 heavy (non-hydrogen) atoms. The third-order valence-corrected chi connectivity index (χ3v) is 2.49. The molecule has 5 nitrogen and oxygen atoms in total. The van der Waals surface area contributed by atoms with Gasteiger partial charge in [-0.3, -0.25) is 0 Å². The average molecular weight is 231 g/mol. The monoisotopic (exact) mass is 231 g/mol. The number of benzene rings is 1. The van der Waals surface area contributed by atoms with E-state index in [0.717, 1.165) is 12.1 Å². The van der Waals surface area contributed by atoms with Gasteiger partial charge in [0.2, 0.25) is 0 Å². The summed E-state index contributed by atoms with van der Waals surface area (Å²) in [5.41, 5.74) is 2.45. The Hall–Kier alpha value is -1.91. The van der Waals surface area contributed by atoms with E-state index in [9.17, 15) is 0 Å². The molecular formula is C12H17N5. The summed E-state index contributed by atoms with van der Waals surface area (Å²) in [5.74, 6) is 0.699. The van der Waals surface area contributed by atoms with Crippen LogP contribution in [0.2, 0.25) is 0 Å². The number of rotatable bonds is 5. The minimum absolute atomic E-state index is 0.598. The number of nitrogens with zero attached hydrogens (tertiary/aromatic N) is 4. The van der Waals surface area contributed by atoms with Crippen LogP contribution in [0.4, 0.5) is 5.69 Å². The number of nitrogens with one attached hydrogen (secondary N) is 1. The zero-order valence-corrected chi connectivity index (χ0v) is 10.2. The smallest absolute Gasteiger partial charge is 0.193 e. The lowest BCUT2D eigenvalue weighted by Crippen LogP contribution is -2.02. The maximum Gasteiger partial charge on any atom is 0.193 e. The van der Waals surface area contributed by atoms with Crippen molar-refractivity contribution in [2.75, 3.05) is 5.32 Å². The molecule has 0 radical (unpaired) electrons. The second-order valence-corrected chi connectivity index (χ2v) is 4.00. The van der Waals surface area contributed by atoms with Gasteiger partial charge in [-0.15, -0.1) is 10.2 Å². The van der Waals surface area contributed by atoms with Crippen molar-refractivity contribution in [1.82, 2.24) is 20.2 Å². The van der Waals surface area contributed by atoms with Gasteiger partial charge in [0.25, 0.3) is 0 Å². The average Bonchev–Trinajstić information content (AvgIpc) is 2.75. The molecule has 0 amide bonds. The number of hydrogen-bond donors (Lipinski definition) is 1. The minimum Gasteiger partial charge on any atom is -0.378 e. The number of aromatic nitrogens is 4. The van der Waals surface area contributed by atoms with Crippen molar-refractivity contribution in [3.8, 4) is 0 Å². The van der Waals surface area contributed by atoms with Crippen LogP contribution in [0.3, 0.4) is 0 Å². The van der Waals surface area contributed by atoms with E-state index in [2.05, 4.69) is 51.9 Å². The molecule has 2 rings (SSSR count). The van der Waals surface area contributed by atoms with Crippen LogP contribution in [0.5, 0.6) is 0 Å². The predicted octanol–water partition coefficient (Wildman–Crippen LogP) is 1.77. The van der Waals surface area contributed by atoms with E-state index in [1.165, 1.54) is 16.8 Å². The van der Waals surface area contributed by atoms with Crippen LogP contribution >= 0.6 is 0 Å². The normalized spacial score (nSPS) is 10.5. The Morgan fingerprint density at radius 1 is 1.24 bits per heavy atom. The highest BCUT2D eigenvalue weighted by molar-refractivity contribution is 5.44. The molecule has 1 aromatic carbocycles. The standard InChI is InChI=1S/C12H17N5/c1-3-4-10-5-7-11(8-6-10)13-9-12-14-16-17(2)15-12/h5-8,13H,3-4,9H2,1-2H3. The van der Waals surface area contributed by atoms with Crippen LogP contribution in [0, 0.1) is 0 Å². The van der Waals surface area contributed by atoms with Crippen molar-refractivity contribution in [3.63, 3.8) is 0 Å². The first-order valence-electron chi connectivity index (χ1n) is 5.83. The maximum absolute atomic E-state index is 4.10. The highest BCUT2D eigenvalue weighted by Crippen LogP contribution is 2.11. The summed E-state index contributed by atoms with van der Waals surface area (Å²) in [5, 5.41) is 15.1. The highest BCUT2D eigenvalue weighted by Gasteiger charge is 1.99. The summed E-state index contributed by atoms with van der Waals surface area (Å²) in [7, 11) is 1.76. The highest BCUT2D eigenvalue weighted by atomic mass is 15.6. The van der Waals surface area contributed by atoms with Gasteiger partial charge in [-0.25, -0.2) is 0 Å². The van der Waals surface area contributed by atoms with E-state index in [0.29, 0.717) is 12.4 Å². The van der Waals surface area contributed by atoms with Crippen LogP contribution in [-0.4, -0.2) is 20.2 Å². The van der Waals surface area contributed by atoms with Gasteiger partial charge >= 0.3 is 0 Å². The van der Waals surface area contributed by atoms with Crippen molar-refractivity contribution in [1.29, 1.82) is 0 Å². The summed E-state index contributed by atoms with van der Waals surface area (Å²) in [6.07, 6.45) is 2.31. The number of hydrogen-bond acceptors (Lipinski definition) is 4. The molecule has 0 aliphatic rings. The molecule has 2 aromatic rings. The molecule has 0 fully saturated rings. The van der Waals surface area contributed by atoms with Gasteiger partial charge in [-0.2, -0.15) is 4.80 Å². The Kier molecular flexibility index (Phi) is 3.69. The third kappa shape index (κ3) is 3.27. The molecule has 0 aliphatic heterocycles. The molecule has 1 N–H and O–H groups in total. The second kappa shape index (κ2) is 5.43. The molecule has 0 saturated heterocycles. The van der Waals surface area contributed by atoms with Gasteiger partial charge in [-0.05, 0) is 29.3 Å². The minimum atomic E-state index is 0.598. The van der Waals surface area contributed by atoms with Crippen LogP contribution in [0.15, 0.2) is 24.3 Å². The Bertz CT molecular complexity index is 460. The Morgan fingerprint density at radius 2 is 2.00 bits per heavy atom. The zero-order valence-electron chi connectivity index (χ0n) is 10.2. The molecule has 1 aromatic heterocycles. The third-order valence-electron chi connectivity index (χ3n) is 2.49. The summed E-state index contributed by atoms with van der Waals surface area (Å²) in [6, 6.07) is 8.47. The lowest BCUT2D eigenvalue weighted by molar-refractivity contribution is 0.628. The first-order chi connectivity index (χ1) is 8.28. The summed E-state index contributed by atoms with van der Waals surface area (Å²) < 4.78 is 0. The van der Waals surface area contributed by atoms with Gasteiger partial charge in [0.05, 0.1) is 13.6 Å². The molecule has 0 spiro atoms. The van der Waals surface area contributed by atoms with E-state index < -0.39 is 0 Å². The summed E-state index contributed by atoms with van der Waals surface area (Å²) in [6.45, 7) is 2.78. The fourth-order valence-corrected chi connectivity index (χ4v) is 1.65. The molecule has 0 saturated carbocycles. The van der Waals surface area contributed by atoms with E-state index in [4.69, 9.17) is 0 Å². The molecular weight excluding hydrogens is 214 g/mol. The number of tetrazole rings is 1. The fraction of sp³-hybridized carbons (Fsp3) is 0.417. The number of aryl methyl sites for hydroxylation is 2. The Labute approximate surface area is 101 Å². The summed E-state index contributed by atoms with van der Waals surface area (Å²) >= 11 is 0. The number of anilines is 1. The van der Waals surface area contributed by atoms with Crippen molar-refractivity contribution >= 4 is 5.69 Å². The fourth-order valence-electron chi connectivity index (χ4n) is 1.65. The van der Waals surface area contributed by atoms with Gasteiger partial charge < -0.3 is 5.32 Å². The predicted molar refractivity (Wildman–Crippen MR) is 66.6 cm³/mol. The maximum atomic E-state index is 4.10. The van der Waals surface area contributed by atoms with Crippen molar-refractivity contribution < 1.29 is 0 Å². The molecule has 90 valence electrons. The van der Waals surface area contributed by atoms with Gasteiger partial charge in [-0.1, -0.05) is 25.5 Å². The zero-order chi connectivity index (χ0) is 12.1. The lowest BCUT2D eigenvalue weighted by Gasteiger charge is -2.04.